The number of carbonyl (C=O) groups excluding carboxylic acids is 1. The van der Waals surface area contributed by atoms with E-state index in [9.17, 15) is 26.4 Å². The van der Waals surface area contributed by atoms with Gasteiger partial charge < -0.3 is 5.32 Å². The van der Waals surface area contributed by atoms with Crippen molar-refractivity contribution < 1.29 is 26.4 Å². The fourth-order valence-electron chi connectivity index (χ4n) is 1.28. The molecular formula is C11H10F3N3O3S. The number of nitriles is 1. The zero-order valence-corrected chi connectivity index (χ0v) is 11.3. The van der Waals surface area contributed by atoms with E-state index in [1.807, 2.05) is 4.72 Å². The molecule has 114 valence electrons. The molecule has 1 aromatic rings. The van der Waals surface area contributed by atoms with Crippen LogP contribution in [0, 0.1) is 11.3 Å². The van der Waals surface area contributed by atoms with E-state index in [1.54, 1.807) is 11.4 Å². The summed E-state index contributed by atoms with van der Waals surface area (Å²) in [6.45, 7) is -1.90. The first-order valence-electron chi connectivity index (χ1n) is 5.47. The van der Waals surface area contributed by atoms with Gasteiger partial charge in [0, 0.05) is 5.56 Å². The van der Waals surface area contributed by atoms with Crippen molar-refractivity contribution >= 4 is 15.9 Å². The molecule has 0 radical (unpaired) electrons. The molecule has 0 bridgehead atoms. The third-order valence-corrected chi connectivity index (χ3v) is 3.63. The van der Waals surface area contributed by atoms with E-state index in [0.29, 0.717) is 0 Å². The highest BCUT2D eigenvalue weighted by atomic mass is 32.2. The van der Waals surface area contributed by atoms with Gasteiger partial charge in [-0.3, -0.25) is 4.79 Å². The Balaban J connectivity index is 2.79. The molecule has 0 heterocycles. The Kier molecular flexibility index (Phi) is 5.28. The standard InChI is InChI=1S/C11H10F3N3O3S/c12-11(13,14)7-16-10(18)8-1-3-9(4-2-8)21(19,20)17-6-5-15/h1-4,17H,6-7H2,(H,16,18). The Labute approximate surface area is 118 Å². The van der Waals surface area contributed by atoms with Gasteiger partial charge in [-0.2, -0.15) is 23.2 Å². The van der Waals surface area contributed by atoms with E-state index >= 15 is 0 Å². The van der Waals surface area contributed by atoms with Crippen LogP contribution in [0.5, 0.6) is 0 Å². The average Bonchev–Trinajstić information content (AvgIpc) is 2.42. The molecule has 0 atom stereocenters. The van der Waals surface area contributed by atoms with Crippen molar-refractivity contribution in [1.82, 2.24) is 10.0 Å². The van der Waals surface area contributed by atoms with Crippen molar-refractivity contribution in [3.8, 4) is 6.07 Å². The van der Waals surface area contributed by atoms with E-state index in [0.717, 1.165) is 24.3 Å². The molecule has 21 heavy (non-hydrogen) atoms. The lowest BCUT2D eigenvalue weighted by molar-refractivity contribution is -0.123. The molecular weight excluding hydrogens is 311 g/mol. The number of carbonyl (C=O) groups is 1. The lowest BCUT2D eigenvalue weighted by atomic mass is 10.2. The number of sulfonamides is 1. The van der Waals surface area contributed by atoms with Crippen molar-refractivity contribution in [1.29, 1.82) is 5.26 Å². The second-order valence-corrected chi connectivity index (χ2v) is 5.57. The summed E-state index contributed by atoms with van der Waals surface area (Å²) in [6.07, 6.45) is -4.53. The van der Waals surface area contributed by atoms with E-state index in [-0.39, 0.29) is 10.5 Å². The zero-order chi connectivity index (χ0) is 16.1. The molecule has 1 aromatic carbocycles. The number of nitrogens with zero attached hydrogens (tertiary/aromatic N) is 1. The zero-order valence-electron chi connectivity index (χ0n) is 10.4. The molecule has 0 spiro atoms. The van der Waals surface area contributed by atoms with Crippen LogP contribution in [-0.2, 0) is 10.0 Å². The van der Waals surface area contributed by atoms with Crippen LogP contribution in [0.1, 0.15) is 10.4 Å². The van der Waals surface area contributed by atoms with Crippen molar-refractivity contribution in [3.63, 3.8) is 0 Å². The van der Waals surface area contributed by atoms with Crippen molar-refractivity contribution in [3.05, 3.63) is 29.8 Å². The van der Waals surface area contributed by atoms with Crippen LogP contribution >= 0.6 is 0 Å². The number of hydrogen-bond donors (Lipinski definition) is 2. The van der Waals surface area contributed by atoms with Gasteiger partial charge in [-0.15, -0.1) is 0 Å². The van der Waals surface area contributed by atoms with E-state index in [1.165, 1.54) is 0 Å². The molecule has 0 saturated heterocycles. The molecule has 1 rings (SSSR count). The summed E-state index contributed by atoms with van der Waals surface area (Å²) < 4.78 is 61.0. The summed E-state index contributed by atoms with van der Waals surface area (Å²) in [5.74, 6) is -0.971. The molecule has 6 nitrogen and oxygen atoms in total. The number of hydrogen-bond acceptors (Lipinski definition) is 4. The van der Waals surface area contributed by atoms with Crippen LogP contribution in [0.25, 0.3) is 0 Å². The fourth-order valence-corrected chi connectivity index (χ4v) is 2.19. The third kappa shape index (κ3) is 5.41. The van der Waals surface area contributed by atoms with E-state index in [4.69, 9.17) is 5.26 Å². The van der Waals surface area contributed by atoms with Crippen LogP contribution in [0.15, 0.2) is 29.2 Å². The quantitative estimate of drug-likeness (QED) is 0.783. The summed E-state index contributed by atoms with van der Waals surface area (Å²) in [5.41, 5.74) is -0.113. The molecule has 0 unspecified atom stereocenters. The van der Waals surface area contributed by atoms with Gasteiger partial charge in [-0.25, -0.2) is 8.42 Å². The lowest BCUT2D eigenvalue weighted by Gasteiger charge is -2.09. The minimum absolute atomic E-state index is 0.113. The van der Waals surface area contributed by atoms with Gasteiger partial charge >= 0.3 is 6.18 Å². The monoisotopic (exact) mass is 321 g/mol. The maximum absolute atomic E-state index is 11.9. The van der Waals surface area contributed by atoms with Crippen LogP contribution < -0.4 is 10.0 Å². The fraction of sp³-hybridized carbons (Fsp3) is 0.273. The summed E-state index contributed by atoms with van der Waals surface area (Å²) in [7, 11) is -3.88. The Morgan fingerprint density at radius 1 is 1.24 bits per heavy atom. The Morgan fingerprint density at radius 2 is 1.81 bits per heavy atom. The van der Waals surface area contributed by atoms with Gasteiger partial charge in [0.1, 0.15) is 6.54 Å². The largest absolute Gasteiger partial charge is 0.405 e. The highest BCUT2D eigenvalue weighted by molar-refractivity contribution is 7.89. The second kappa shape index (κ2) is 6.55. The first kappa shape index (κ1) is 16.9. The first-order valence-corrected chi connectivity index (χ1v) is 6.96. The van der Waals surface area contributed by atoms with Crippen LogP contribution in [0.3, 0.4) is 0 Å². The summed E-state index contributed by atoms with van der Waals surface area (Å²) in [4.78, 5) is 11.2. The van der Waals surface area contributed by atoms with Gasteiger partial charge in [0.25, 0.3) is 5.91 Å². The van der Waals surface area contributed by atoms with E-state index in [2.05, 4.69) is 0 Å². The highest BCUT2D eigenvalue weighted by Crippen LogP contribution is 2.14. The maximum atomic E-state index is 11.9. The predicted molar refractivity (Wildman–Crippen MR) is 65.6 cm³/mol. The highest BCUT2D eigenvalue weighted by Gasteiger charge is 2.27. The van der Waals surface area contributed by atoms with Crippen LogP contribution in [-0.4, -0.2) is 33.6 Å². The van der Waals surface area contributed by atoms with Crippen molar-refractivity contribution in [2.24, 2.45) is 0 Å². The van der Waals surface area contributed by atoms with Gasteiger partial charge in [-0.1, -0.05) is 0 Å². The molecule has 1 amide bonds. The predicted octanol–water partition coefficient (Wildman–Crippen LogP) is 0.781. The number of benzene rings is 1. The first-order chi connectivity index (χ1) is 9.65. The number of alkyl halides is 3. The number of amides is 1. The smallest absolute Gasteiger partial charge is 0.343 e. The molecule has 0 aliphatic heterocycles. The number of rotatable bonds is 5. The normalized spacial score (nSPS) is 11.7. The topological polar surface area (TPSA) is 99.1 Å². The summed E-state index contributed by atoms with van der Waals surface area (Å²) >= 11 is 0. The van der Waals surface area contributed by atoms with Crippen LogP contribution in [0.2, 0.25) is 0 Å². The third-order valence-electron chi connectivity index (χ3n) is 2.22. The molecule has 2 N–H and O–H groups in total. The second-order valence-electron chi connectivity index (χ2n) is 3.80. The molecule has 0 aliphatic carbocycles. The molecule has 0 fully saturated rings. The Bertz CT molecular complexity index is 648. The van der Waals surface area contributed by atoms with Crippen molar-refractivity contribution in [2.45, 2.75) is 11.1 Å². The molecule has 0 aromatic heterocycles. The van der Waals surface area contributed by atoms with E-state index < -0.39 is 35.2 Å². The maximum Gasteiger partial charge on any atom is 0.405 e. The van der Waals surface area contributed by atoms with Crippen LogP contribution in [0.4, 0.5) is 13.2 Å². The Hall–Kier alpha value is -2.12. The van der Waals surface area contributed by atoms with Gasteiger partial charge in [0.2, 0.25) is 10.0 Å². The summed E-state index contributed by atoms with van der Waals surface area (Å²) in [5, 5.41) is 9.96. The Morgan fingerprint density at radius 3 is 2.29 bits per heavy atom. The SMILES string of the molecule is N#CCNS(=O)(=O)c1ccc(C(=O)NCC(F)(F)F)cc1. The minimum atomic E-state index is -4.53. The van der Waals surface area contributed by atoms with Gasteiger partial charge in [0.05, 0.1) is 17.5 Å². The minimum Gasteiger partial charge on any atom is -0.343 e. The number of halogens is 3. The van der Waals surface area contributed by atoms with Crippen molar-refractivity contribution in [2.75, 3.05) is 13.1 Å². The number of nitrogens with one attached hydrogen (secondary N) is 2. The molecule has 0 saturated carbocycles. The lowest BCUT2D eigenvalue weighted by Crippen LogP contribution is -2.33. The molecule has 0 aliphatic rings. The van der Waals surface area contributed by atoms with Gasteiger partial charge in [0.15, 0.2) is 0 Å². The summed E-state index contributed by atoms with van der Waals surface area (Å²) in [6, 6.07) is 5.86. The molecule has 10 heteroatoms. The van der Waals surface area contributed by atoms with Gasteiger partial charge in [-0.05, 0) is 24.3 Å². The average molecular weight is 321 g/mol.